The van der Waals surface area contributed by atoms with E-state index in [0.29, 0.717) is 11.3 Å². The molecular formula is C22H35N3OS. The first kappa shape index (κ1) is 21.8. The van der Waals surface area contributed by atoms with E-state index in [4.69, 9.17) is 12.2 Å². The smallest absolute Gasteiger partial charge is 0.215 e. The van der Waals surface area contributed by atoms with E-state index in [1.54, 1.807) is 11.0 Å². The van der Waals surface area contributed by atoms with Gasteiger partial charge >= 0.3 is 0 Å². The number of benzene rings is 1. The van der Waals surface area contributed by atoms with Crippen LogP contribution in [-0.4, -0.2) is 25.5 Å². The monoisotopic (exact) mass is 389 g/mol. The Hall–Kier alpha value is -1.46. The molecule has 1 heterocycles. The third kappa shape index (κ3) is 4.19. The van der Waals surface area contributed by atoms with Crippen LogP contribution in [0.15, 0.2) is 36.7 Å². The van der Waals surface area contributed by atoms with Gasteiger partial charge in [-0.1, -0.05) is 78.8 Å². The van der Waals surface area contributed by atoms with E-state index < -0.39 is 5.60 Å². The third-order valence-electron chi connectivity index (χ3n) is 6.41. The fraction of sp³-hybridized carbons (Fsp3) is 0.636. The van der Waals surface area contributed by atoms with Crippen molar-refractivity contribution in [1.29, 1.82) is 0 Å². The van der Waals surface area contributed by atoms with Gasteiger partial charge in [0.25, 0.3) is 0 Å². The minimum atomic E-state index is -0.981. The molecule has 27 heavy (non-hydrogen) atoms. The number of aromatic amines is 1. The maximum Gasteiger partial charge on any atom is 0.215 e. The van der Waals surface area contributed by atoms with Crippen LogP contribution in [0, 0.1) is 15.6 Å². The molecule has 2 aromatic rings. The summed E-state index contributed by atoms with van der Waals surface area (Å²) < 4.78 is 2.25. The molecule has 0 aliphatic heterocycles. The Bertz CT molecular complexity index is 803. The molecule has 4 nitrogen and oxygen atoms in total. The van der Waals surface area contributed by atoms with Gasteiger partial charge in [-0.05, 0) is 46.9 Å². The van der Waals surface area contributed by atoms with Crippen LogP contribution in [-0.2, 0) is 12.0 Å². The zero-order valence-corrected chi connectivity index (χ0v) is 18.7. The predicted octanol–water partition coefficient (Wildman–Crippen LogP) is 5.50. The van der Waals surface area contributed by atoms with Gasteiger partial charge in [-0.15, -0.1) is 0 Å². The number of aliphatic hydroxyl groups is 1. The Balaban J connectivity index is 2.50. The maximum atomic E-state index is 12.2. The summed E-state index contributed by atoms with van der Waals surface area (Å²) in [5.74, 6) is 0. The summed E-state index contributed by atoms with van der Waals surface area (Å²) in [6.45, 7) is 15.6. The molecule has 2 unspecified atom stereocenters. The highest BCUT2D eigenvalue weighted by molar-refractivity contribution is 7.71. The molecule has 0 amide bonds. The van der Waals surface area contributed by atoms with Crippen molar-refractivity contribution >= 4 is 12.2 Å². The first-order valence-electron chi connectivity index (χ1n) is 9.74. The van der Waals surface area contributed by atoms with Gasteiger partial charge in [0, 0.05) is 0 Å². The third-order valence-corrected chi connectivity index (χ3v) is 6.74. The molecule has 0 radical (unpaired) electrons. The lowest BCUT2D eigenvalue weighted by Crippen LogP contribution is -2.59. The first-order valence-corrected chi connectivity index (χ1v) is 10.2. The molecule has 0 bridgehead atoms. The van der Waals surface area contributed by atoms with E-state index in [-0.39, 0.29) is 16.2 Å². The Labute approximate surface area is 169 Å². The van der Waals surface area contributed by atoms with Crippen molar-refractivity contribution < 1.29 is 5.11 Å². The summed E-state index contributed by atoms with van der Waals surface area (Å²) in [6, 6.07) is 10.6. The molecule has 150 valence electrons. The second kappa shape index (κ2) is 7.51. The van der Waals surface area contributed by atoms with Crippen molar-refractivity contribution in [2.45, 2.75) is 78.9 Å². The van der Waals surface area contributed by atoms with Crippen molar-refractivity contribution in [1.82, 2.24) is 14.8 Å². The maximum absolute atomic E-state index is 12.2. The number of aromatic nitrogens is 3. The molecule has 1 aromatic heterocycles. The van der Waals surface area contributed by atoms with E-state index in [0.717, 1.165) is 12.8 Å². The number of nitrogens with one attached hydrogen (secondary N) is 1. The van der Waals surface area contributed by atoms with Crippen molar-refractivity contribution in [3.05, 3.63) is 47.0 Å². The molecule has 0 aliphatic carbocycles. The molecule has 2 rings (SSSR count). The van der Waals surface area contributed by atoms with Crippen LogP contribution >= 0.6 is 12.2 Å². The minimum absolute atomic E-state index is 0.0688. The highest BCUT2D eigenvalue weighted by Crippen LogP contribution is 2.53. The SMILES string of the molecule is CCC(C)(CC(C)(C)c1ccccc1)C(O)(Cn1[nH]cnc1=S)C(C)(C)C. The van der Waals surface area contributed by atoms with Crippen molar-refractivity contribution in [3.63, 3.8) is 0 Å². The molecule has 2 atom stereocenters. The summed E-state index contributed by atoms with van der Waals surface area (Å²) in [7, 11) is 0. The standard InChI is InChI=1S/C22H35N3OS/c1-8-21(7,14-20(5,6)17-12-10-9-11-13-17)22(26,19(2,3)4)15-25-18(27)23-16-24-25/h9-13,16,26H,8,14-15H2,1-7H3,(H,23,24,27). The average molecular weight is 390 g/mol. The van der Waals surface area contributed by atoms with Crippen LogP contribution in [0.4, 0.5) is 0 Å². The van der Waals surface area contributed by atoms with Crippen LogP contribution in [0.25, 0.3) is 0 Å². The topological polar surface area (TPSA) is 53.8 Å². The lowest BCUT2D eigenvalue weighted by Gasteiger charge is -2.54. The second-order valence-corrected chi connectivity index (χ2v) is 10.1. The number of hydrogen-bond acceptors (Lipinski definition) is 3. The van der Waals surface area contributed by atoms with E-state index in [1.165, 1.54) is 5.56 Å². The number of nitrogens with zero attached hydrogens (tertiary/aromatic N) is 2. The van der Waals surface area contributed by atoms with Crippen LogP contribution in [0.3, 0.4) is 0 Å². The Morgan fingerprint density at radius 3 is 2.11 bits per heavy atom. The van der Waals surface area contributed by atoms with Crippen LogP contribution in [0.2, 0.25) is 0 Å². The van der Waals surface area contributed by atoms with Gasteiger partial charge in [-0.2, -0.15) is 0 Å². The Morgan fingerprint density at radius 1 is 1.07 bits per heavy atom. The number of hydrogen-bond donors (Lipinski definition) is 2. The van der Waals surface area contributed by atoms with Crippen molar-refractivity contribution in [2.75, 3.05) is 0 Å². The summed E-state index contributed by atoms with van der Waals surface area (Å²) in [6.07, 6.45) is 3.30. The largest absolute Gasteiger partial charge is 0.387 e. The van der Waals surface area contributed by atoms with Gasteiger partial charge in [-0.25, -0.2) is 4.98 Å². The number of H-pyrrole nitrogens is 1. The van der Waals surface area contributed by atoms with Crippen LogP contribution in [0.1, 0.15) is 66.9 Å². The Morgan fingerprint density at radius 2 is 1.67 bits per heavy atom. The van der Waals surface area contributed by atoms with Gasteiger partial charge < -0.3 is 5.11 Å². The average Bonchev–Trinajstić information content (AvgIpc) is 2.98. The summed E-state index contributed by atoms with van der Waals surface area (Å²) in [5.41, 5.74) is -0.430. The minimum Gasteiger partial charge on any atom is -0.387 e. The van der Waals surface area contributed by atoms with Gasteiger partial charge in [0.2, 0.25) is 4.77 Å². The zero-order chi connectivity index (χ0) is 20.5. The molecule has 0 aliphatic rings. The fourth-order valence-electron chi connectivity index (χ4n) is 4.48. The zero-order valence-electron chi connectivity index (χ0n) is 17.8. The lowest BCUT2D eigenvalue weighted by atomic mass is 9.55. The van der Waals surface area contributed by atoms with E-state index >= 15 is 0 Å². The molecule has 0 fully saturated rings. The van der Waals surface area contributed by atoms with Gasteiger partial charge in [0.05, 0.1) is 12.1 Å². The normalized spacial score (nSPS) is 17.3. The molecule has 0 spiro atoms. The second-order valence-electron chi connectivity index (χ2n) is 9.71. The molecule has 2 N–H and O–H groups in total. The molecule has 5 heteroatoms. The first-order chi connectivity index (χ1) is 12.4. The molecule has 1 aromatic carbocycles. The summed E-state index contributed by atoms with van der Waals surface area (Å²) in [4.78, 5) is 4.12. The summed E-state index contributed by atoms with van der Waals surface area (Å²) in [5, 5.41) is 15.2. The number of rotatable bonds is 7. The van der Waals surface area contributed by atoms with Gasteiger partial charge in [-0.3, -0.25) is 9.78 Å². The lowest BCUT2D eigenvalue weighted by molar-refractivity contribution is -0.172. The molecule has 0 saturated carbocycles. The van der Waals surface area contributed by atoms with Gasteiger partial charge in [0.15, 0.2) is 0 Å². The molecular weight excluding hydrogens is 354 g/mol. The van der Waals surface area contributed by atoms with E-state index in [9.17, 15) is 5.11 Å². The quantitative estimate of drug-likeness (QED) is 0.615. The van der Waals surface area contributed by atoms with E-state index in [2.05, 4.69) is 82.8 Å². The highest BCUT2D eigenvalue weighted by Gasteiger charge is 2.55. The van der Waals surface area contributed by atoms with Crippen molar-refractivity contribution in [2.24, 2.45) is 10.8 Å². The summed E-state index contributed by atoms with van der Waals surface area (Å²) >= 11 is 5.33. The Kier molecular flexibility index (Phi) is 6.08. The predicted molar refractivity (Wildman–Crippen MR) is 114 cm³/mol. The van der Waals surface area contributed by atoms with E-state index in [1.807, 2.05) is 6.07 Å². The van der Waals surface area contributed by atoms with Crippen molar-refractivity contribution in [3.8, 4) is 0 Å². The fourth-order valence-corrected chi connectivity index (χ4v) is 4.65. The van der Waals surface area contributed by atoms with Crippen LogP contribution in [0.5, 0.6) is 0 Å². The molecule has 0 saturated heterocycles. The van der Waals surface area contributed by atoms with Crippen LogP contribution < -0.4 is 0 Å². The van der Waals surface area contributed by atoms with Gasteiger partial charge in [0.1, 0.15) is 6.33 Å². The highest BCUT2D eigenvalue weighted by atomic mass is 32.1.